The third-order valence-electron chi connectivity index (χ3n) is 5.54. The molecule has 0 spiro atoms. The normalized spacial score (nSPS) is 13.5. The standard InChI is InChI=1S/C28H32NO7.HI/c1-28(2,3)36-26(31)13-12-25(30)34-19-33-23-18-24(29-14-16-32-17-15-29)35-27-21(10-7-11-22(23)27)20-8-5-4-6-9-20;/h4-11,18H,12-17,19H2,1-3H3;1H/q+1;/p-1. The molecule has 1 fully saturated rings. The Bertz CT molecular complexity index is 1200. The molecule has 0 bridgehead atoms. The molecule has 0 N–H and O–H groups in total. The molecule has 3 aromatic rings. The molecule has 1 aliphatic rings. The highest BCUT2D eigenvalue weighted by Crippen LogP contribution is 2.37. The summed E-state index contributed by atoms with van der Waals surface area (Å²) in [6.45, 7) is 7.66. The molecule has 0 aliphatic carbocycles. The van der Waals surface area contributed by atoms with E-state index in [0.29, 0.717) is 43.5 Å². The Kier molecular flexibility index (Phi) is 10.1. The number of rotatable bonds is 8. The monoisotopic (exact) mass is 621 g/mol. The van der Waals surface area contributed by atoms with Crippen LogP contribution in [0, 0.1) is 0 Å². The summed E-state index contributed by atoms with van der Waals surface area (Å²) in [5.74, 6) is 0.208. The highest BCUT2D eigenvalue weighted by atomic mass is 127. The van der Waals surface area contributed by atoms with Gasteiger partial charge in [0.2, 0.25) is 6.79 Å². The molecule has 37 heavy (non-hydrogen) atoms. The van der Waals surface area contributed by atoms with Crippen LogP contribution < -0.4 is 33.6 Å². The summed E-state index contributed by atoms with van der Waals surface area (Å²) < 4.78 is 28.3. The Morgan fingerprint density at radius 1 is 0.973 bits per heavy atom. The van der Waals surface area contributed by atoms with Crippen molar-refractivity contribution in [2.75, 3.05) is 38.0 Å². The lowest BCUT2D eigenvalue weighted by molar-refractivity contribution is -0.160. The van der Waals surface area contributed by atoms with E-state index in [1.807, 2.05) is 54.6 Å². The molecule has 0 amide bonds. The minimum absolute atomic E-state index is 0. The fourth-order valence-corrected chi connectivity index (χ4v) is 3.90. The van der Waals surface area contributed by atoms with Crippen LogP contribution in [0.15, 0.2) is 59.0 Å². The summed E-state index contributed by atoms with van der Waals surface area (Å²) in [7, 11) is 0. The summed E-state index contributed by atoms with van der Waals surface area (Å²) in [5, 5.41) is 0.762. The second kappa shape index (κ2) is 13.0. The lowest BCUT2D eigenvalue weighted by Gasteiger charge is -2.22. The van der Waals surface area contributed by atoms with Crippen LogP contribution in [0.2, 0.25) is 0 Å². The number of esters is 2. The quantitative estimate of drug-likeness (QED) is 0.164. The first-order chi connectivity index (χ1) is 17.3. The maximum Gasteiger partial charge on any atom is 0.434 e. The van der Waals surface area contributed by atoms with Gasteiger partial charge < -0.3 is 42.9 Å². The molecule has 0 radical (unpaired) electrons. The van der Waals surface area contributed by atoms with Crippen LogP contribution in [0.25, 0.3) is 22.1 Å². The van der Waals surface area contributed by atoms with Gasteiger partial charge in [-0.3, -0.25) is 14.5 Å². The van der Waals surface area contributed by atoms with E-state index in [1.165, 1.54) is 0 Å². The molecule has 1 aromatic heterocycles. The summed E-state index contributed by atoms with van der Waals surface area (Å²) in [6, 6.07) is 17.7. The number of morpholine rings is 1. The maximum atomic E-state index is 12.2. The number of ether oxygens (including phenoxy) is 4. The Labute approximate surface area is 233 Å². The molecule has 1 aliphatic heterocycles. The van der Waals surface area contributed by atoms with Crippen LogP contribution in [0.3, 0.4) is 0 Å². The van der Waals surface area contributed by atoms with Gasteiger partial charge in [0.25, 0.3) is 0 Å². The van der Waals surface area contributed by atoms with Crippen molar-refractivity contribution in [3.05, 3.63) is 54.6 Å². The van der Waals surface area contributed by atoms with Gasteiger partial charge in [0.15, 0.2) is 5.75 Å². The average molecular weight is 621 g/mol. The molecule has 2 heterocycles. The Morgan fingerprint density at radius 3 is 2.38 bits per heavy atom. The van der Waals surface area contributed by atoms with Gasteiger partial charge in [0.05, 0.1) is 31.6 Å². The number of hydrogen-bond acceptors (Lipinski definition) is 7. The van der Waals surface area contributed by atoms with Crippen molar-refractivity contribution in [1.82, 2.24) is 0 Å². The van der Waals surface area contributed by atoms with E-state index in [2.05, 4.69) is 4.90 Å². The first-order valence-corrected chi connectivity index (χ1v) is 12.1. The molecular formula is C28H32INO7. The number of nitrogens with zero attached hydrogens (tertiary/aromatic N) is 1. The highest BCUT2D eigenvalue weighted by molar-refractivity contribution is 5.96. The minimum atomic E-state index is -0.597. The number of fused-ring (bicyclic) bond motifs is 1. The topological polar surface area (TPSA) is 85.6 Å². The summed E-state index contributed by atoms with van der Waals surface area (Å²) in [6.07, 6.45) is -0.134. The molecule has 0 saturated carbocycles. The maximum absolute atomic E-state index is 12.2. The SMILES string of the molecule is CC(C)(C)OC(=O)CCC(=O)OCOc1cc(N2CCOCC2)[o+]c2c(-c3ccccc3)cccc12.[I-]. The zero-order valence-electron chi connectivity index (χ0n) is 21.3. The van der Waals surface area contributed by atoms with E-state index in [-0.39, 0.29) is 43.6 Å². The third-order valence-corrected chi connectivity index (χ3v) is 5.54. The Morgan fingerprint density at radius 2 is 1.68 bits per heavy atom. The van der Waals surface area contributed by atoms with Crippen molar-refractivity contribution < 1.29 is 56.9 Å². The Balaban J connectivity index is 0.00000380. The number of para-hydroxylation sites is 1. The van der Waals surface area contributed by atoms with Gasteiger partial charge in [-0.05, 0) is 38.5 Å². The van der Waals surface area contributed by atoms with Crippen molar-refractivity contribution in [3.8, 4) is 16.9 Å². The number of anilines is 1. The van der Waals surface area contributed by atoms with Crippen molar-refractivity contribution in [2.24, 2.45) is 0 Å². The van der Waals surface area contributed by atoms with Crippen LogP contribution in [0.1, 0.15) is 33.6 Å². The molecule has 8 nitrogen and oxygen atoms in total. The Hall–Kier alpha value is -2.92. The van der Waals surface area contributed by atoms with Crippen LogP contribution in [-0.2, 0) is 23.8 Å². The van der Waals surface area contributed by atoms with E-state index in [4.69, 9.17) is 23.4 Å². The van der Waals surface area contributed by atoms with Crippen molar-refractivity contribution >= 4 is 28.8 Å². The fraction of sp³-hybridized carbons (Fsp3) is 0.393. The summed E-state index contributed by atoms with van der Waals surface area (Å²) in [5.41, 5.74) is 2.03. The molecular weight excluding hydrogens is 589 g/mol. The number of benzene rings is 2. The fourth-order valence-electron chi connectivity index (χ4n) is 3.90. The molecule has 4 rings (SSSR count). The van der Waals surface area contributed by atoms with Crippen LogP contribution in [0.5, 0.6) is 5.75 Å². The number of carbonyl (C=O) groups excluding carboxylic acids is 2. The lowest BCUT2D eigenvalue weighted by atomic mass is 10.0. The van der Waals surface area contributed by atoms with Gasteiger partial charge in [0.1, 0.15) is 17.1 Å². The number of halogens is 1. The van der Waals surface area contributed by atoms with Gasteiger partial charge >= 0.3 is 23.4 Å². The van der Waals surface area contributed by atoms with Crippen LogP contribution in [-0.4, -0.2) is 50.6 Å². The number of hydrogen-bond donors (Lipinski definition) is 0. The number of carbonyl (C=O) groups is 2. The third kappa shape index (κ3) is 8.03. The van der Waals surface area contributed by atoms with Crippen molar-refractivity contribution in [1.29, 1.82) is 0 Å². The van der Waals surface area contributed by atoms with E-state index in [9.17, 15) is 9.59 Å². The van der Waals surface area contributed by atoms with E-state index in [1.54, 1.807) is 20.8 Å². The molecule has 0 atom stereocenters. The van der Waals surface area contributed by atoms with Gasteiger partial charge in [-0.1, -0.05) is 36.4 Å². The molecule has 0 unspecified atom stereocenters. The van der Waals surface area contributed by atoms with Gasteiger partial charge in [-0.25, -0.2) is 0 Å². The summed E-state index contributed by atoms with van der Waals surface area (Å²) in [4.78, 5) is 26.1. The van der Waals surface area contributed by atoms with E-state index >= 15 is 0 Å². The molecule has 1 saturated heterocycles. The van der Waals surface area contributed by atoms with E-state index in [0.717, 1.165) is 16.5 Å². The van der Waals surface area contributed by atoms with Crippen LogP contribution >= 0.6 is 0 Å². The van der Waals surface area contributed by atoms with Gasteiger partial charge in [-0.2, -0.15) is 4.42 Å². The smallest absolute Gasteiger partial charge is 0.434 e. The van der Waals surface area contributed by atoms with Crippen LogP contribution in [0.4, 0.5) is 5.88 Å². The highest BCUT2D eigenvalue weighted by Gasteiger charge is 2.28. The molecule has 9 heteroatoms. The zero-order valence-corrected chi connectivity index (χ0v) is 23.5. The minimum Gasteiger partial charge on any atom is -1.00 e. The first kappa shape index (κ1) is 28.6. The summed E-state index contributed by atoms with van der Waals surface area (Å²) >= 11 is 0. The van der Waals surface area contributed by atoms with Crippen molar-refractivity contribution in [3.63, 3.8) is 0 Å². The lowest BCUT2D eigenvalue weighted by Crippen LogP contribution is -3.00. The second-order valence-electron chi connectivity index (χ2n) is 9.46. The molecule has 2 aromatic carbocycles. The zero-order chi connectivity index (χ0) is 25.5. The molecule has 198 valence electrons. The van der Waals surface area contributed by atoms with Gasteiger partial charge in [0, 0.05) is 13.1 Å². The van der Waals surface area contributed by atoms with Gasteiger partial charge in [-0.15, -0.1) is 0 Å². The average Bonchev–Trinajstić information content (AvgIpc) is 2.87. The second-order valence-corrected chi connectivity index (χ2v) is 9.46. The first-order valence-electron chi connectivity index (χ1n) is 12.1. The van der Waals surface area contributed by atoms with Crippen molar-refractivity contribution in [2.45, 2.75) is 39.2 Å². The predicted octanol–water partition coefficient (Wildman–Crippen LogP) is 2.22. The predicted molar refractivity (Wildman–Crippen MR) is 136 cm³/mol. The van der Waals surface area contributed by atoms with E-state index < -0.39 is 17.5 Å². The largest absolute Gasteiger partial charge is 1.00 e.